The van der Waals surface area contributed by atoms with E-state index in [1.54, 1.807) is 0 Å². The molecule has 0 radical (unpaired) electrons. The quantitative estimate of drug-likeness (QED) is 0.558. The lowest BCUT2D eigenvalue weighted by molar-refractivity contribution is -0.105. The van der Waals surface area contributed by atoms with Gasteiger partial charge in [-0.25, -0.2) is 0 Å². The molecule has 1 atom stereocenters. The third-order valence-electron chi connectivity index (χ3n) is 1.57. The van der Waals surface area contributed by atoms with Crippen molar-refractivity contribution < 1.29 is 9.47 Å². The Kier molecular flexibility index (Phi) is 2.02. The molecule has 1 saturated heterocycles. The first kappa shape index (κ1) is 8.02. The summed E-state index contributed by atoms with van der Waals surface area (Å²) in [4.78, 5) is 0. The van der Waals surface area contributed by atoms with Gasteiger partial charge in [-0.15, -0.1) is 0 Å². The van der Waals surface area contributed by atoms with Crippen LogP contribution < -0.4 is 0 Å². The standard InChI is InChI=1S/C8H16O2/c1-6(2)7-9-5-8(3,4)10-7/h6-7H,5H2,1-4H3. The molecule has 2 heteroatoms. The van der Waals surface area contributed by atoms with Gasteiger partial charge < -0.3 is 9.47 Å². The van der Waals surface area contributed by atoms with Crippen molar-refractivity contribution >= 4 is 0 Å². The molecule has 2 nitrogen and oxygen atoms in total. The van der Waals surface area contributed by atoms with E-state index in [1.807, 2.05) is 0 Å². The summed E-state index contributed by atoms with van der Waals surface area (Å²) in [5, 5.41) is 0. The Morgan fingerprint density at radius 3 is 2.20 bits per heavy atom. The van der Waals surface area contributed by atoms with E-state index in [1.165, 1.54) is 0 Å². The first-order chi connectivity index (χ1) is 4.51. The van der Waals surface area contributed by atoms with Gasteiger partial charge in [0.05, 0.1) is 12.2 Å². The van der Waals surface area contributed by atoms with E-state index >= 15 is 0 Å². The molecule has 60 valence electrons. The zero-order valence-electron chi connectivity index (χ0n) is 7.18. The molecule has 0 aromatic rings. The molecule has 0 N–H and O–H groups in total. The molecule has 1 aliphatic heterocycles. The Bertz CT molecular complexity index is 118. The molecule has 0 aromatic carbocycles. The minimum absolute atomic E-state index is 0.00926. The number of hydrogen-bond donors (Lipinski definition) is 0. The fraction of sp³-hybridized carbons (Fsp3) is 1.00. The Labute approximate surface area is 62.5 Å². The van der Waals surface area contributed by atoms with Crippen LogP contribution in [0.25, 0.3) is 0 Å². The molecular weight excluding hydrogens is 128 g/mol. The van der Waals surface area contributed by atoms with E-state index < -0.39 is 0 Å². The van der Waals surface area contributed by atoms with E-state index in [0.29, 0.717) is 5.92 Å². The summed E-state index contributed by atoms with van der Waals surface area (Å²) in [5.74, 6) is 0.460. The number of rotatable bonds is 1. The minimum atomic E-state index is -0.0745. The van der Waals surface area contributed by atoms with Gasteiger partial charge in [0.25, 0.3) is 0 Å². The lowest BCUT2D eigenvalue weighted by Gasteiger charge is -2.17. The smallest absolute Gasteiger partial charge is 0.160 e. The van der Waals surface area contributed by atoms with Gasteiger partial charge in [-0.2, -0.15) is 0 Å². The van der Waals surface area contributed by atoms with Crippen LogP contribution in [0.5, 0.6) is 0 Å². The second-order valence-electron chi connectivity index (χ2n) is 3.80. The van der Waals surface area contributed by atoms with Crippen molar-refractivity contribution in [1.29, 1.82) is 0 Å². The topological polar surface area (TPSA) is 18.5 Å². The van der Waals surface area contributed by atoms with Crippen molar-refractivity contribution in [2.75, 3.05) is 6.61 Å². The molecular formula is C8H16O2. The van der Waals surface area contributed by atoms with Gasteiger partial charge in [0, 0.05) is 5.92 Å². The van der Waals surface area contributed by atoms with Gasteiger partial charge in [0.2, 0.25) is 0 Å². The second kappa shape index (κ2) is 2.51. The van der Waals surface area contributed by atoms with Crippen LogP contribution in [0, 0.1) is 5.92 Å². The van der Waals surface area contributed by atoms with E-state index in [-0.39, 0.29) is 11.9 Å². The van der Waals surface area contributed by atoms with Crippen LogP contribution in [0.2, 0.25) is 0 Å². The molecule has 1 heterocycles. The second-order valence-corrected chi connectivity index (χ2v) is 3.80. The SMILES string of the molecule is CC(C)C1OCC(C)(C)O1. The van der Waals surface area contributed by atoms with E-state index in [4.69, 9.17) is 9.47 Å². The van der Waals surface area contributed by atoms with Crippen LogP contribution in [-0.2, 0) is 9.47 Å². The van der Waals surface area contributed by atoms with Crippen LogP contribution in [0.15, 0.2) is 0 Å². The van der Waals surface area contributed by atoms with E-state index in [0.717, 1.165) is 6.61 Å². The fourth-order valence-corrected chi connectivity index (χ4v) is 0.994. The van der Waals surface area contributed by atoms with Crippen LogP contribution >= 0.6 is 0 Å². The summed E-state index contributed by atoms with van der Waals surface area (Å²) in [6.45, 7) is 9.03. The third-order valence-corrected chi connectivity index (χ3v) is 1.57. The highest BCUT2D eigenvalue weighted by Gasteiger charge is 2.33. The lowest BCUT2D eigenvalue weighted by atomic mass is 10.2. The summed E-state index contributed by atoms with van der Waals surface area (Å²) in [6.07, 6.45) is 0.00926. The molecule has 1 aliphatic rings. The number of ether oxygens (including phenoxy) is 2. The Morgan fingerprint density at radius 1 is 1.40 bits per heavy atom. The molecule has 1 rings (SSSR count). The molecule has 0 bridgehead atoms. The predicted octanol–water partition coefficient (Wildman–Crippen LogP) is 1.79. The molecule has 0 amide bonds. The first-order valence-corrected chi connectivity index (χ1v) is 3.81. The maximum absolute atomic E-state index is 5.59. The normalized spacial score (nSPS) is 31.5. The van der Waals surface area contributed by atoms with Crippen molar-refractivity contribution in [3.63, 3.8) is 0 Å². The summed E-state index contributed by atoms with van der Waals surface area (Å²) in [7, 11) is 0. The molecule has 1 unspecified atom stereocenters. The molecule has 0 aliphatic carbocycles. The van der Waals surface area contributed by atoms with E-state index in [2.05, 4.69) is 27.7 Å². The number of hydrogen-bond acceptors (Lipinski definition) is 2. The Morgan fingerprint density at radius 2 is 2.00 bits per heavy atom. The average molecular weight is 144 g/mol. The summed E-state index contributed by atoms with van der Waals surface area (Å²) >= 11 is 0. The maximum atomic E-state index is 5.59. The molecule has 0 aromatic heterocycles. The minimum Gasteiger partial charge on any atom is -0.349 e. The molecule has 0 spiro atoms. The van der Waals surface area contributed by atoms with Crippen molar-refractivity contribution in [2.45, 2.75) is 39.6 Å². The van der Waals surface area contributed by atoms with Crippen molar-refractivity contribution in [1.82, 2.24) is 0 Å². The third kappa shape index (κ3) is 1.70. The van der Waals surface area contributed by atoms with Crippen LogP contribution in [0.3, 0.4) is 0 Å². The highest BCUT2D eigenvalue weighted by molar-refractivity contribution is 4.75. The first-order valence-electron chi connectivity index (χ1n) is 3.81. The molecule has 1 fully saturated rings. The summed E-state index contributed by atoms with van der Waals surface area (Å²) < 4.78 is 11.0. The van der Waals surface area contributed by atoms with Crippen molar-refractivity contribution in [3.8, 4) is 0 Å². The Hall–Kier alpha value is -0.0800. The van der Waals surface area contributed by atoms with Crippen molar-refractivity contribution in [2.24, 2.45) is 5.92 Å². The van der Waals surface area contributed by atoms with Gasteiger partial charge in [0.15, 0.2) is 6.29 Å². The zero-order valence-corrected chi connectivity index (χ0v) is 7.18. The summed E-state index contributed by atoms with van der Waals surface area (Å²) in [5.41, 5.74) is -0.0745. The summed E-state index contributed by atoms with van der Waals surface area (Å²) in [6, 6.07) is 0. The van der Waals surface area contributed by atoms with Gasteiger partial charge in [-0.3, -0.25) is 0 Å². The van der Waals surface area contributed by atoms with Crippen molar-refractivity contribution in [3.05, 3.63) is 0 Å². The zero-order chi connectivity index (χ0) is 7.78. The van der Waals surface area contributed by atoms with Gasteiger partial charge >= 0.3 is 0 Å². The Balaban J connectivity index is 2.43. The molecule has 0 saturated carbocycles. The molecule has 10 heavy (non-hydrogen) atoms. The predicted molar refractivity (Wildman–Crippen MR) is 39.7 cm³/mol. The van der Waals surface area contributed by atoms with Gasteiger partial charge in [-0.1, -0.05) is 13.8 Å². The largest absolute Gasteiger partial charge is 0.349 e. The van der Waals surface area contributed by atoms with Crippen LogP contribution in [0.4, 0.5) is 0 Å². The van der Waals surface area contributed by atoms with E-state index in [9.17, 15) is 0 Å². The lowest BCUT2D eigenvalue weighted by Crippen LogP contribution is -2.24. The monoisotopic (exact) mass is 144 g/mol. The average Bonchev–Trinajstić information content (AvgIpc) is 2.10. The fourth-order valence-electron chi connectivity index (χ4n) is 0.994. The highest BCUT2D eigenvalue weighted by atomic mass is 16.7. The van der Waals surface area contributed by atoms with Crippen LogP contribution in [-0.4, -0.2) is 18.5 Å². The van der Waals surface area contributed by atoms with Gasteiger partial charge in [0.1, 0.15) is 0 Å². The van der Waals surface area contributed by atoms with Crippen LogP contribution in [0.1, 0.15) is 27.7 Å². The van der Waals surface area contributed by atoms with Gasteiger partial charge in [-0.05, 0) is 13.8 Å². The maximum Gasteiger partial charge on any atom is 0.160 e. The highest BCUT2D eigenvalue weighted by Crippen LogP contribution is 2.25.